The highest BCUT2D eigenvalue weighted by Gasteiger charge is 2.28. The SMILES string of the molecule is CCN(C(=O)c1cc(S(=O)(=O)N(CC)CC)cn1C)[C@H](C)COC. The topological polar surface area (TPSA) is 71.9 Å². The Morgan fingerprint density at radius 3 is 2.29 bits per heavy atom. The Morgan fingerprint density at radius 1 is 1.25 bits per heavy atom. The number of carbonyl (C=O) groups is 1. The molecule has 1 atom stereocenters. The lowest BCUT2D eigenvalue weighted by Crippen LogP contribution is -2.41. The average molecular weight is 359 g/mol. The summed E-state index contributed by atoms with van der Waals surface area (Å²) in [5, 5.41) is 0. The summed E-state index contributed by atoms with van der Waals surface area (Å²) in [6.07, 6.45) is 1.50. The molecule has 1 heterocycles. The van der Waals surface area contributed by atoms with E-state index in [2.05, 4.69) is 0 Å². The predicted molar refractivity (Wildman–Crippen MR) is 93.6 cm³/mol. The van der Waals surface area contributed by atoms with Crippen LogP contribution in [0.1, 0.15) is 38.2 Å². The number of aromatic nitrogens is 1. The van der Waals surface area contributed by atoms with Crippen LogP contribution in [0.2, 0.25) is 0 Å². The molecule has 0 spiro atoms. The quantitative estimate of drug-likeness (QED) is 0.671. The lowest BCUT2D eigenvalue weighted by Gasteiger charge is -2.27. The second kappa shape index (κ2) is 8.64. The number of likely N-dealkylation sites (N-methyl/N-ethyl adjacent to an activating group) is 1. The van der Waals surface area contributed by atoms with Gasteiger partial charge in [0, 0.05) is 40.0 Å². The van der Waals surface area contributed by atoms with Gasteiger partial charge in [-0.25, -0.2) is 8.42 Å². The van der Waals surface area contributed by atoms with E-state index in [0.717, 1.165) is 0 Å². The number of carbonyl (C=O) groups excluding carboxylic acids is 1. The van der Waals surface area contributed by atoms with Crippen LogP contribution in [-0.4, -0.2) is 67.5 Å². The Morgan fingerprint density at radius 2 is 1.83 bits per heavy atom. The van der Waals surface area contributed by atoms with Crippen molar-refractivity contribution in [1.29, 1.82) is 0 Å². The van der Waals surface area contributed by atoms with E-state index in [0.29, 0.717) is 31.9 Å². The molecular formula is C16H29N3O4S. The molecule has 1 aromatic rings. The van der Waals surface area contributed by atoms with E-state index in [4.69, 9.17) is 4.74 Å². The van der Waals surface area contributed by atoms with E-state index in [1.807, 2.05) is 13.8 Å². The number of hydrogen-bond acceptors (Lipinski definition) is 4. The van der Waals surface area contributed by atoms with Crippen LogP contribution in [0.25, 0.3) is 0 Å². The molecule has 0 unspecified atom stereocenters. The van der Waals surface area contributed by atoms with Crippen molar-refractivity contribution < 1.29 is 17.9 Å². The van der Waals surface area contributed by atoms with E-state index in [-0.39, 0.29) is 16.8 Å². The van der Waals surface area contributed by atoms with Crippen molar-refractivity contribution in [2.75, 3.05) is 33.4 Å². The molecule has 0 saturated heterocycles. The minimum Gasteiger partial charge on any atom is -0.383 e. The molecule has 0 N–H and O–H groups in total. The second-order valence-corrected chi connectivity index (χ2v) is 7.59. The number of nitrogens with zero attached hydrogens (tertiary/aromatic N) is 3. The molecule has 1 rings (SSSR count). The normalized spacial score (nSPS) is 13.3. The minimum absolute atomic E-state index is 0.0924. The third-order valence-electron chi connectivity index (χ3n) is 4.08. The molecule has 0 aliphatic heterocycles. The van der Waals surface area contributed by atoms with Gasteiger partial charge in [-0.3, -0.25) is 4.79 Å². The van der Waals surface area contributed by atoms with Gasteiger partial charge in [0.15, 0.2) is 0 Å². The zero-order valence-electron chi connectivity index (χ0n) is 15.4. The smallest absolute Gasteiger partial charge is 0.270 e. The minimum atomic E-state index is -3.58. The molecular weight excluding hydrogens is 330 g/mol. The van der Waals surface area contributed by atoms with Crippen molar-refractivity contribution in [3.63, 3.8) is 0 Å². The molecule has 0 aliphatic carbocycles. The van der Waals surface area contributed by atoms with Crippen LogP contribution < -0.4 is 0 Å². The van der Waals surface area contributed by atoms with Gasteiger partial charge in [-0.2, -0.15) is 4.31 Å². The third kappa shape index (κ3) is 4.17. The molecule has 24 heavy (non-hydrogen) atoms. The van der Waals surface area contributed by atoms with Gasteiger partial charge in [0.2, 0.25) is 10.0 Å². The number of rotatable bonds is 9. The number of sulfonamides is 1. The Balaban J connectivity index is 3.20. The van der Waals surface area contributed by atoms with E-state index < -0.39 is 10.0 Å². The molecule has 0 aliphatic rings. The van der Waals surface area contributed by atoms with Crippen molar-refractivity contribution in [3.8, 4) is 0 Å². The van der Waals surface area contributed by atoms with Crippen molar-refractivity contribution in [2.45, 2.75) is 38.6 Å². The summed E-state index contributed by atoms with van der Waals surface area (Å²) in [5.41, 5.74) is 0.352. The molecule has 8 heteroatoms. The first-order valence-corrected chi connectivity index (χ1v) is 9.64. The average Bonchev–Trinajstić information content (AvgIpc) is 2.91. The fraction of sp³-hybridized carbons (Fsp3) is 0.688. The highest BCUT2D eigenvalue weighted by atomic mass is 32.2. The van der Waals surface area contributed by atoms with Crippen LogP contribution in [0.15, 0.2) is 17.2 Å². The van der Waals surface area contributed by atoms with Crippen molar-refractivity contribution >= 4 is 15.9 Å². The molecule has 0 radical (unpaired) electrons. The molecule has 1 amide bonds. The van der Waals surface area contributed by atoms with Gasteiger partial charge in [-0.1, -0.05) is 13.8 Å². The van der Waals surface area contributed by atoms with Gasteiger partial charge >= 0.3 is 0 Å². The first-order valence-electron chi connectivity index (χ1n) is 8.20. The van der Waals surface area contributed by atoms with Gasteiger partial charge in [-0.05, 0) is 19.9 Å². The Labute approximate surface area is 145 Å². The fourth-order valence-corrected chi connectivity index (χ4v) is 4.26. The second-order valence-electron chi connectivity index (χ2n) is 5.66. The number of amides is 1. The fourth-order valence-electron chi connectivity index (χ4n) is 2.73. The first kappa shape index (κ1) is 20.7. The number of aryl methyl sites for hydroxylation is 1. The molecule has 0 aromatic carbocycles. The summed E-state index contributed by atoms with van der Waals surface area (Å²) in [4.78, 5) is 14.6. The Hall–Kier alpha value is -1.38. The van der Waals surface area contributed by atoms with Gasteiger partial charge < -0.3 is 14.2 Å². The maximum atomic E-state index is 12.8. The third-order valence-corrected chi connectivity index (χ3v) is 6.10. The summed E-state index contributed by atoms with van der Waals surface area (Å²) in [6, 6.07) is 1.36. The number of ether oxygens (including phenoxy) is 1. The molecule has 7 nitrogen and oxygen atoms in total. The van der Waals surface area contributed by atoms with E-state index in [1.54, 1.807) is 37.5 Å². The van der Waals surface area contributed by atoms with Gasteiger partial charge in [-0.15, -0.1) is 0 Å². The van der Waals surface area contributed by atoms with Crippen LogP contribution in [-0.2, 0) is 21.8 Å². The van der Waals surface area contributed by atoms with E-state index in [1.165, 1.54) is 16.6 Å². The molecule has 1 aromatic heterocycles. The van der Waals surface area contributed by atoms with Gasteiger partial charge in [0.05, 0.1) is 12.6 Å². The zero-order chi connectivity index (χ0) is 18.5. The van der Waals surface area contributed by atoms with Crippen molar-refractivity contribution in [3.05, 3.63) is 18.0 Å². The van der Waals surface area contributed by atoms with Crippen LogP contribution in [0.3, 0.4) is 0 Å². The number of hydrogen-bond donors (Lipinski definition) is 0. The Kier molecular flexibility index (Phi) is 7.44. The standard InChI is InChI=1S/C16H29N3O4S/c1-7-18(8-2)24(21,22)14-10-15(17(5)11-14)16(20)19(9-3)13(4)12-23-6/h10-11,13H,7-9,12H2,1-6H3/t13-/m1/s1. The summed E-state index contributed by atoms with van der Waals surface area (Å²) < 4.78 is 33.3. The molecule has 0 fully saturated rings. The van der Waals surface area contributed by atoms with E-state index in [9.17, 15) is 13.2 Å². The van der Waals surface area contributed by atoms with Crippen LogP contribution in [0.4, 0.5) is 0 Å². The number of methoxy groups -OCH3 is 1. The van der Waals surface area contributed by atoms with Crippen LogP contribution >= 0.6 is 0 Å². The lowest BCUT2D eigenvalue weighted by atomic mass is 10.2. The van der Waals surface area contributed by atoms with Crippen LogP contribution in [0, 0.1) is 0 Å². The largest absolute Gasteiger partial charge is 0.383 e. The Bertz CT molecular complexity index is 650. The van der Waals surface area contributed by atoms with Gasteiger partial charge in [0.25, 0.3) is 5.91 Å². The molecule has 0 saturated carbocycles. The molecule has 138 valence electrons. The zero-order valence-corrected chi connectivity index (χ0v) is 16.3. The van der Waals surface area contributed by atoms with Crippen LogP contribution in [0.5, 0.6) is 0 Å². The summed E-state index contributed by atoms with van der Waals surface area (Å²) in [7, 11) is -0.309. The maximum Gasteiger partial charge on any atom is 0.270 e. The first-order chi connectivity index (χ1) is 11.2. The maximum absolute atomic E-state index is 12.8. The van der Waals surface area contributed by atoms with E-state index >= 15 is 0 Å². The monoisotopic (exact) mass is 359 g/mol. The predicted octanol–water partition coefficient (Wildman–Crippen LogP) is 1.55. The van der Waals surface area contributed by atoms with Crippen molar-refractivity contribution in [1.82, 2.24) is 13.8 Å². The highest BCUT2D eigenvalue weighted by Crippen LogP contribution is 2.20. The van der Waals surface area contributed by atoms with Gasteiger partial charge in [0.1, 0.15) is 10.6 Å². The van der Waals surface area contributed by atoms with Crippen molar-refractivity contribution in [2.24, 2.45) is 7.05 Å². The summed E-state index contributed by atoms with van der Waals surface area (Å²) in [6.45, 7) is 9.11. The highest BCUT2D eigenvalue weighted by molar-refractivity contribution is 7.89. The summed E-state index contributed by atoms with van der Waals surface area (Å²) in [5.74, 6) is -0.203. The molecule has 0 bridgehead atoms. The summed E-state index contributed by atoms with van der Waals surface area (Å²) >= 11 is 0. The lowest BCUT2D eigenvalue weighted by molar-refractivity contribution is 0.0570.